The van der Waals surface area contributed by atoms with E-state index < -0.39 is 11.7 Å². The molecule has 0 saturated carbocycles. The quantitative estimate of drug-likeness (QED) is 0.548. The molecule has 4 heteroatoms. The summed E-state index contributed by atoms with van der Waals surface area (Å²) in [6.45, 7) is 0. The van der Waals surface area contributed by atoms with Gasteiger partial charge in [-0.15, -0.1) is 0 Å². The maximum Gasteiger partial charge on any atom is 0.416 e. The van der Waals surface area contributed by atoms with E-state index in [1.54, 1.807) is 6.20 Å². The van der Waals surface area contributed by atoms with Gasteiger partial charge in [0.15, 0.2) is 0 Å². The van der Waals surface area contributed by atoms with Crippen LogP contribution in [0, 0.1) is 0 Å². The van der Waals surface area contributed by atoms with Gasteiger partial charge in [0.2, 0.25) is 0 Å². The molecule has 124 valence electrons. The molecule has 1 heterocycles. The molecule has 1 aliphatic rings. The zero-order valence-corrected chi connectivity index (χ0v) is 13.2. The van der Waals surface area contributed by atoms with Crippen LogP contribution in [0.25, 0.3) is 22.0 Å². The Morgan fingerprint density at radius 3 is 2.40 bits per heavy atom. The Hall–Kier alpha value is -2.88. The molecule has 0 spiro atoms. The van der Waals surface area contributed by atoms with Gasteiger partial charge in [0.1, 0.15) is 0 Å². The fraction of sp³-hybridized carbons (Fsp3) is 0.0952. The standard InChI is InChI=1S/C21H14F3N/c22-21(23,24)18-10-8-14(9-11-18)16-6-7-17(13-16)19-5-1-3-15-4-2-12-25-20(15)19/h1-6,8-13H,7H2. The Morgan fingerprint density at radius 2 is 1.64 bits per heavy atom. The normalized spacial score (nSPS) is 14.5. The second kappa shape index (κ2) is 5.88. The third-order valence-corrected chi connectivity index (χ3v) is 4.40. The minimum absolute atomic E-state index is 0.627. The highest BCUT2D eigenvalue weighted by molar-refractivity contribution is 5.97. The zero-order chi connectivity index (χ0) is 17.4. The van der Waals surface area contributed by atoms with E-state index in [-0.39, 0.29) is 0 Å². The summed E-state index contributed by atoms with van der Waals surface area (Å²) in [6.07, 6.45) is 2.28. The van der Waals surface area contributed by atoms with E-state index in [4.69, 9.17) is 0 Å². The van der Waals surface area contributed by atoms with Crippen molar-refractivity contribution in [3.05, 3.63) is 89.6 Å². The SMILES string of the molecule is FC(F)(F)c1ccc(C2=CCC(c3cccc4cccnc34)=C2)cc1. The Morgan fingerprint density at radius 1 is 0.880 bits per heavy atom. The molecule has 0 amide bonds. The van der Waals surface area contributed by atoms with Crippen LogP contribution >= 0.6 is 0 Å². The number of rotatable bonds is 2. The molecule has 25 heavy (non-hydrogen) atoms. The van der Waals surface area contributed by atoms with Gasteiger partial charge in [-0.25, -0.2) is 0 Å². The second-order valence-corrected chi connectivity index (χ2v) is 5.99. The molecule has 0 bridgehead atoms. The molecule has 1 nitrogen and oxygen atoms in total. The molecule has 0 unspecified atom stereocenters. The van der Waals surface area contributed by atoms with Crippen LogP contribution in [-0.2, 0) is 6.18 Å². The van der Waals surface area contributed by atoms with Crippen LogP contribution in [-0.4, -0.2) is 4.98 Å². The predicted octanol–water partition coefficient (Wildman–Crippen LogP) is 6.12. The van der Waals surface area contributed by atoms with Crippen LogP contribution < -0.4 is 0 Å². The lowest BCUT2D eigenvalue weighted by Crippen LogP contribution is -2.04. The molecule has 4 rings (SSSR count). The maximum atomic E-state index is 12.7. The van der Waals surface area contributed by atoms with Crippen LogP contribution in [0.3, 0.4) is 0 Å². The zero-order valence-electron chi connectivity index (χ0n) is 13.2. The first-order valence-corrected chi connectivity index (χ1v) is 7.95. The number of aromatic nitrogens is 1. The monoisotopic (exact) mass is 337 g/mol. The summed E-state index contributed by atoms with van der Waals surface area (Å²) in [5.41, 5.74) is 4.24. The molecule has 0 fully saturated rings. The number of nitrogens with zero attached hydrogens (tertiary/aromatic N) is 1. The summed E-state index contributed by atoms with van der Waals surface area (Å²) in [4.78, 5) is 4.47. The highest BCUT2D eigenvalue weighted by Gasteiger charge is 2.30. The lowest BCUT2D eigenvalue weighted by atomic mass is 10.0. The lowest BCUT2D eigenvalue weighted by Gasteiger charge is -2.08. The third-order valence-electron chi connectivity index (χ3n) is 4.40. The Labute approximate surface area is 143 Å². The summed E-state index contributed by atoms with van der Waals surface area (Å²) in [7, 11) is 0. The van der Waals surface area contributed by atoms with Crippen molar-refractivity contribution in [2.45, 2.75) is 12.6 Å². The van der Waals surface area contributed by atoms with Crippen molar-refractivity contribution in [3.8, 4) is 0 Å². The van der Waals surface area contributed by atoms with Crippen molar-refractivity contribution in [3.63, 3.8) is 0 Å². The molecule has 1 aromatic heterocycles. The number of benzene rings is 2. The molecule has 1 aliphatic carbocycles. The minimum Gasteiger partial charge on any atom is -0.256 e. The molecule has 0 N–H and O–H groups in total. The van der Waals surface area contributed by atoms with E-state index >= 15 is 0 Å². The molecule has 0 radical (unpaired) electrons. The fourth-order valence-corrected chi connectivity index (χ4v) is 3.13. The molecular weight excluding hydrogens is 323 g/mol. The topological polar surface area (TPSA) is 12.9 Å². The van der Waals surface area contributed by atoms with Gasteiger partial charge < -0.3 is 0 Å². The van der Waals surface area contributed by atoms with Crippen LogP contribution in [0.2, 0.25) is 0 Å². The third kappa shape index (κ3) is 2.95. The number of halogens is 3. The van der Waals surface area contributed by atoms with Crippen molar-refractivity contribution in [2.24, 2.45) is 0 Å². The molecule has 3 aromatic rings. The van der Waals surface area contributed by atoms with Gasteiger partial charge in [-0.3, -0.25) is 4.98 Å². The van der Waals surface area contributed by atoms with E-state index in [9.17, 15) is 13.2 Å². The van der Waals surface area contributed by atoms with Gasteiger partial charge in [-0.1, -0.05) is 48.6 Å². The number of pyridine rings is 1. The summed E-state index contributed by atoms with van der Waals surface area (Å²) in [5.74, 6) is 0. The average Bonchev–Trinajstić information content (AvgIpc) is 3.10. The van der Waals surface area contributed by atoms with Crippen LogP contribution in [0.5, 0.6) is 0 Å². The predicted molar refractivity (Wildman–Crippen MR) is 93.8 cm³/mol. The number of alkyl halides is 3. The average molecular weight is 337 g/mol. The number of hydrogen-bond acceptors (Lipinski definition) is 1. The summed E-state index contributed by atoms with van der Waals surface area (Å²) >= 11 is 0. The Balaban J connectivity index is 1.68. The van der Waals surface area contributed by atoms with Gasteiger partial charge in [0.05, 0.1) is 11.1 Å². The van der Waals surface area contributed by atoms with Crippen molar-refractivity contribution in [1.82, 2.24) is 4.98 Å². The van der Waals surface area contributed by atoms with Crippen molar-refractivity contribution in [1.29, 1.82) is 0 Å². The highest BCUT2D eigenvalue weighted by Crippen LogP contribution is 2.36. The van der Waals surface area contributed by atoms with Crippen LogP contribution in [0.1, 0.15) is 23.1 Å². The van der Waals surface area contributed by atoms with E-state index in [2.05, 4.69) is 4.98 Å². The summed E-state index contributed by atoms with van der Waals surface area (Å²) < 4.78 is 38.1. The van der Waals surface area contributed by atoms with Gasteiger partial charge in [-0.2, -0.15) is 13.2 Å². The minimum atomic E-state index is -4.31. The first-order valence-electron chi connectivity index (χ1n) is 7.95. The lowest BCUT2D eigenvalue weighted by molar-refractivity contribution is -0.137. The van der Waals surface area contributed by atoms with Gasteiger partial charge >= 0.3 is 6.18 Å². The number of allylic oxidation sites excluding steroid dienone is 4. The van der Waals surface area contributed by atoms with Crippen molar-refractivity contribution >= 4 is 22.0 Å². The smallest absolute Gasteiger partial charge is 0.256 e. The van der Waals surface area contributed by atoms with Crippen molar-refractivity contribution in [2.75, 3.05) is 0 Å². The van der Waals surface area contributed by atoms with E-state index in [0.717, 1.165) is 51.7 Å². The number of hydrogen-bond donors (Lipinski definition) is 0. The summed E-state index contributed by atoms with van der Waals surface area (Å²) in [6, 6.07) is 15.3. The van der Waals surface area contributed by atoms with Gasteiger partial charge in [-0.05, 0) is 41.3 Å². The highest BCUT2D eigenvalue weighted by atomic mass is 19.4. The largest absolute Gasteiger partial charge is 0.416 e. The van der Waals surface area contributed by atoms with Crippen LogP contribution in [0.4, 0.5) is 13.2 Å². The number of para-hydroxylation sites is 1. The van der Waals surface area contributed by atoms with Crippen LogP contribution in [0.15, 0.2) is 72.9 Å². The molecule has 0 atom stereocenters. The first kappa shape index (κ1) is 15.6. The van der Waals surface area contributed by atoms with E-state index in [0.29, 0.717) is 0 Å². The molecule has 0 saturated heterocycles. The fourth-order valence-electron chi connectivity index (χ4n) is 3.13. The van der Waals surface area contributed by atoms with Gasteiger partial charge in [0.25, 0.3) is 0 Å². The Kier molecular flexibility index (Phi) is 3.68. The van der Waals surface area contributed by atoms with E-state index in [1.165, 1.54) is 12.1 Å². The van der Waals surface area contributed by atoms with E-state index in [1.807, 2.05) is 42.5 Å². The molecular formula is C21H14F3N. The first-order chi connectivity index (χ1) is 12.0. The maximum absolute atomic E-state index is 12.7. The Bertz CT molecular complexity index is 990. The van der Waals surface area contributed by atoms with Crippen molar-refractivity contribution < 1.29 is 13.2 Å². The number of fused-ring (bicyclic) bond motifs is 1. The van der Waals surface area contributed by atoms with Gasteiger partial charge in [0, 0.05) is 17.1 Å². The summed E-state index contributed by atoms with van der Waals surface area (Å²) in [5, 5.41) is 1.07. The molecule has 2 aromatic carbocycles. The second-order valence-electron chi connectivity index (χ2n) is 5.99. The molecule has 0 aliphatic heterocycles.